The van der Waals surface area contributed by atoms with E-state index in [2.05, 4.69) is 96.9 Å². The second-order valence-electron chi connectivity index (χ2n) is 27.3. The topological polar surface area (TPSA) is 68.2 Å². The summed E-state index contributed by atoms with van der Waals surface area (Å²) in [4.78, 5) is 0. The van der Waals surface area contributed by atoms with Gasteiger partial charge in [-0.2, -0.15) is 0 Å². The van der Waals surface area contributed by atoms with Crippen LogP contribution >= 0.6 is 0 Å². The molecule has 0 aliphatic carbocycles. The standard InChI is InChI=1S/C68H138O5/c1-17-19-21-23-25-27-29-31-39-71-67(37-33-35-53(3)41-55(5)43-57(7)45-59(9)47-61(11)49-63(13)51-65(15)69)73-68(72-40-32-30-28-26-24-22-20-18-2)38-34-36-54(4)42-56(6)44-58(8)46-60(10)48-62(12)50-64(14)52-66(16)70/h53-70H,17-52H2,1-16H3. The highest BCUT2D eigenvalue weighted by Gasteiger charge is 2.23. The molecule has 2 N–H and O–H groups in total. The van der Waals surface area contributed by atoms with Gasteiger partial charge in [-0.05, 0) is 200 Å². The molecule has 5 nitrogen and oxygen atoms in total. The minimum atomic E-state index is -0.187. The van der Waals surface area contributed by atoms with Crippen molar-refractivity contribution < 1.29 is 24.4 Å². The first kappa shape index (κ1) is 72.8. The van der Waals surface area contributed by atoms with E-state index in [1.807, 2.05) is 13.8 Å². The van der Waals surface area contributed by atoms with Crippen molar-refractivity contribution in [2.24, 2.45) is 71.0 Å². The van der Waals surface area contributed by atoms with E-state index < -0.39 is 0 Å². The van der Waals surface area contributed by atoms with Crippen molar-refractivity contribution in [3.05, 3.63) is 0 Å². The minimum absolute atomic E-state index is 0.186. The van der Waals surface area contributed by atoms with E-state index in [0.29, 0.717) is 23.7 Å². The lowest BCUT2D eigenvalue weighted by atomic mass is 9.81. The molecule has 0 spiro atoms. The highest BCUT2D eigenvalue weighted by atomic mass is 16.8. The Balaban J connectivity index is 5.46. The summed E-state index contributed by atoms with van der Waals surface area (Å²) in [5.74, 6) is 8.62. The molecule has 0 rings (SSSR count). The quantitative estimate of drug-likeness (QED) is 0.0469. The van der Waals surface area contributed by atoms with Crippen LogP contribution in [0.25, 0.3) is 0 Å². The van der Waals surface area contributed by atoms with Gasteiger partial charge in [-0.1, -0.05) is 200 Å². The Bertz CT molecular complexity index is 1060. The summed E-state index contributed by atoms with van der Waals surface area (Å²) in [6.07, 6.45) is 41.8. The number of hydrogen-bond donors (Lipinski definition) is 2. The molecule has 0 aromatic heterocycles. The Hall–Kier alpha value is -0.200. The van der Waals surface area contributed by atoms with Gasteiger partial charge in [0, 0.05) is 13.2 Å². The Kier molecular flexibility index (Phi) is 47.6. The second-order valence-corrected chi connectivity index (χ2v) is 27.3. The van der Waals surface area contributed by atoms with Crippen molar-refractivity contribution in [1.82, 2.24) is 0 Å². The Labute approximate surface area is 460 Å². The third-order valence-corrected chi connectivity index (χ3v) is 16.7. The predicted molar refractivity (Wildman–Crippen MR) is 322 cm³/mol. The number of aliphatic hydroxyl groups excluding tert-OH is 2. The number of unbranched alkanes of at least 4 members (excludes halogenated alkanes) is 14. The third kappa shape index (κ3) is 47.5. The van der Waals surface area contributed by atoms with Gasteiger partial charge in [-0.3, -0.25) is 0 Å². The Morgan fingerprint density at radius 1 is 0.247 bits per heavy atom. The average Bonchev–Trinajstić information content (AvgIpc) is 3.26. The average molecular weight is 1040 g/mol. The van der Waals surface area contributed by atoms with Gasteiger partial charge in [0.05, 0.1) is 12.2 Å². The number of rotatable bonds is 54. The molecule has 0 heterocycles. The first-order chi connectivity index (χ1) is 34.7. The van der Waals surface area contributed by atoms with E-state index in [9.17, 15) is 10.2 Å². The summed E-state index contributed by atoms with van der Waals surface area (Å²) in [6.45, 7) is 39.4. The first-order valence-electron chi connectivity index (χ1n) is 33.0. The molecule has 0 radical (unpaired) electrons. The normalized spacial score (nSPS) is 19.0. The van der Waals surface area contributed by atoms with Crippen LogP contribution in [0.4, 0.5) is 0 Å². The van der Waals surface area contributed by atoms with Crippen LogP contribution in [0.5, 0.6) is 0 Å². The largest absolute Gasteiger partial charge is 0.393 e. The van der Waals surface area contributed by atoms with Crippen molar-refractivity contribution in [2.45, 2.75) is 354 Å². The van der Waals surface area contributed by atoms with Crippen LogP contribution in [0.15, 0.2) is 0 Å². The van der Waals surface area contributed by atoms with Crippen LogP contribution < -0.4 is 0 Å². The molecule has 0 aliphatic heterocycles. The Morgan fingerprint density at radius 3 is 0.712 bits per heavy atom. The molecule has 440 valence electrons. The van der Waals surface area contributed by atoms with Crippen molar-refractivity contribution in [3.63, 3.8) is 0 Å². The molecule has 0 bridgehead atoms. The van der Waals surface area contributed by atoms with E-state index in [0.717, 1.165) is 112 Å². The summed E-state index contributed by atoms with van der Waals surface area (Å²) in [5, 5.41) is 19.7. The fraction of sp³-hybridized carbons (Fsp3) is 1.00. The molecule has 0 aliphatic rings. The van der Waals surface area contributed by atoms with E-state index >= 15 is 0 Å². The van der Waals surface area contributed by atoms with Crippen molar-refractivity contribution in [3.8, 4) is 0 Å². The van der Waals surface area contributed by atoms with Gasteiger partial charge < -0.3 is 24.4 Å². The van der Waals surface area contributed by atoms with Gasteiger partial charge in [0.15, 0.2) is 12.6 Å². The smallest absolute Gasteiger partial charge is 0.160 e. The zero-order valence-electron chi connectivity index (χ0n) is 52.8. The summed E-state index contributed by atoms with van der Waals surface area (Å²) in [7, 11) is 0. The van der Waals surface area contributed by atoms with E-state index in [1.54, 1.807) is 0 Å². The number of ether oxygens (including phenoxy) is 3. The third-order valence-electron chi connectivity index (χ3n) is 16.7. The highest BCUT2D eigenvalue weighted by molar-refractivity contribution is 4.72. The summed E-state index contributed by atoms with van der Waals surface area (Å²) >= 11 is 0. The fourth-order valence-corrected chi connectivity index (χ4v) is 13.9. The van der Waals surface area contributed by atoms with Gasteiger partial charge in [0.1, 0.15) is 0 Å². The fourth-order valence-electron chi connectivity index (χ4n) is 13.9. The molecule has 5 heteroatoms. The van der Waals surface area contributed by atoms with Crippen molar-refractivity contribution >= 4 is 0 Å². The molecule has 0 aromatic rings. The number of hydrogen-bond acceptors (Lipinski definition) is 5. The van der Waals surface area contributed by atoms with Crippen molar-refractivity contribution in [1.29, 1.82) is 0 Å². The lowest BCUT2D eigenvalue weighted by molar-refractivity contribution is -0.250. The van der Waals surface area contributed by atoms with E-state index in [4.69, 9.17) is 14.2 Å². The molecular formula is C68H138O5. The zero-order chi connectivity index (χ0) is 54.8. The van der Waals surface area contributed by atoms with Gasteiger partial charge in [-0.25, -0.2) is 0 Å². The summed E-state index contributed by atoms with van der Waals surface area (Å²) in [6, 6.07) is 0. The maximum absolute atomic E-state index is 9.84. The molecule has 0 aromatic carbocycles. The molecule has 0 saturated heterocycles. The maximum Gasteiger partial charge on any atom is 0.160 e. The second kappa shape index (κ2) is 47.8. The molecule has 0 amide bonds. The van der Waals surface area contributed by atoms with Crippen molar-refractivity contribution in [2.75, 3.05) is 13.2 Å². The van der Waals surface area contributed by atoms with Crippen LogP contribution in [0.3, 0.4) is 0 Å². The van der Waals surface area contributed by atoms with Gasteiger partial charge >= 0.3 is 0 Å². The molecule has 73 heavy (non-hydrogen) atoms. The van der Waals surface area contributed by atoms with Crippen LogP contribution in [-0.2, 0) is 14.2 Å². The molecule has 0 saturated carbocycles. The molecular weight excluding hydrogens is 897 g/mol. The van der Waals surface area contributed by atoms with Crippen LogP contribution in [-0.4, -0.2) is 48.2 Å². The summed E-state index contributed by atoms with van der Waals surface area (Å²) < 4.78 is 20.4. The van der Waals surface area contributed by atoms with Gasteiger partial charge in [0.25, 0.3) is 0 Å². The SMILES string of the molecule is CCCCCCCCCCOC(CCCC(C)CC(C)CC(C)CC(C)CC(C)CC(C)CC(C)O)OC(CCCC(C)CC(C)CC(C)CC(C)CC(C)CC(C)CC(C)O)OCCCCCCCCCC. The minimum Gasteiger partial charge on any atom is -0.393 e. The van der Waals surface area contributed by atoms with Gasteiger partial charge in [-0.15, -0.1) is 0 Å². The van der Waals surface area contributed by atoms with Crippen LogP contribution in [0, 0.1) is 71.0 Å². The number of aliphatic hydroxyl groups is 2. The monoisotopic (exact) mass is 1040 g/mol. The Morgan fingerprint density at radius 2 is 0.466 bits per heavy atom. The molecule has 0 fully saturated rings. The first-order valence-corrected chi connectivity index (χ1v) is 33.0. The van der Waals surface area contributed by atoms with Crippen LogP contribution in [0.1, 0.15) is 329 Å². The van der Waals surface area contributed by atoms with E-state index in [1.165, 1.54) is 167 Å². The maximum atomic E-state index is 9.84. The molecule has 16 unspecified atom stereocenters. The zero-order valence-corrected chi connectivity index (χ0v) is 52.8. The van der Waals surface area contributed by atoms with E-state index in [-0.39, 0.29) is 24.8 Å². The predicted octanol–water partition coefficient (Wildman–Crippen LogP) is 21.4. The van der Waals surface area contributed by atoms with Crippen LogP contribution in [0.2, 0.25) is 0 Å². The highest BCUT2D eigenvalue weighted by Crippen LogP contribution is 2.33. The summed E-state index contributed by atoms with van der Waals surface area (Å²) in [5.41, 5.74) is 0. The lowest BCUT2D eigenvalue weighted by Gasteiger charge is -2.27. The van der Waals surface area contributed by atoms with Gasteiger partial charge in [0.2, 0.25) is 0 Å². The molecule has 16 atom stereocenters. The lowest BCUT2D eigenvalue weighted by Crippen LogP contribution is -2.28.